The molecule has 2 saturated heterocycles. The minimum absolute atomic E-state index is 0.00487. The molecule has 5 heteroatoms. The van der Waals surface area contributed by atoms with E-state index in [0.29, 0.717) is 6.04 Å². The largest absolute Gasteiger partial charge is 0.380 e. The number of piperidine rings is 1. The van der Waals surface area contributed by atoms with Crippen LogP contribution in [0.1, 0.15) is 30.7 Å². The van der Waals surface area contributed by atoms with Crippen LogP contribution in [-0.4, -0.2) is 45.8 Å². The van der Waals surface area contributed by atoms with Crippen molar-refractivity contribution in [2.45, 2.75) is 44.4 Å². The van der Waals surface area contributed by atoms with Crippen LogP contribution in [0.3, 0.4) is 0 Å². The molecule has 1 N–H and O–H groups in total. The number of aromatic nitrogens is 2. The van der Waals surface area contributed by atoms with Gasteiger partial charge in [-0.05, 0) is 50.4 Å². The van der Waals surface area contributed by atoms with Gasteiger partial charge in [0.15, 0.2) is 0 Å². The molecule has 0 aliphatic carbocycles. The lowest BCUT2D eigenvalue weighted by Gasteiger charge is -2.39. The van der Waals surface area contributed by atoms with Crippen molar-refractivity contribution in [1.82, 2.24) is 14.5 Å². The number of likely N-dealkylation sites (tertiary alicyclic amines) is 1. The molecule has 3 heterocycles. The highest BCUT2D eigenvalue weighted by Crippen LogP contribution is 2.36. The van der Waals surface area contributed by atoms with E-state index < -0.39 is 0 Å². The Balaban J connectivity index is 1.38. The van der Waals surface area contributed by atoms with Crippen LogP contribution < -0.4 is 5.32 Å². The summed E-state index contributed by atoms with van der Waals surface area (Å²) in [4.78, 5) is 6.97. The molecular formula is C20H28N4O. The number of benzene rings is 1. The Kier molecular flexibility index (Phi) is 4.52. The van der Waals surface area contributed by atoms with Gasteiger partial charge < -0.3 is 14.6 Å². The SMILES string of the molecule is Cc1cccc(NC2COC3(CCCN(Cc4nccn4C)C3)C2)c1. The van der Waals surface area contributed by atoms with Gasteiger partial charge in [-0.15, -0.1) is 0 Å². The molecule has 1 spiro atoms. The van der Waals surface area contributed by atoms with Crippen molar-refractivity contribution in [3.05, 3.63) is 48.0 Å². The van der Waals surface area contributed by atoms with Crippen LogP contribution >= 0.6 is 0 Å². The lowest BCUT2D eigenvalue weighted by molar-refractivity contribution is -0.0539. The summed E-state index contributed by atoms with van der Waals surface area (Å²) in [5.41, 5.74) is 2.49. The first-order chi connectivity index (χ1) is 12.1. The topological polar surface area (TPSA) is 42.3 Å². The summed E-state index contributed by atoms with van der Waals surface area (Å²) in [6, 6.07) is 8.99. The summed E-state index contributed by atoms with van der Waals surface area (Å²) >= 11 is 0. The van der Waals surface area contributed by atoms with Gasteiger partial charge in [-0.3, -0.25) is 4.90 Å². The Morgan fingerprint density at radius 2 is 2.32 bits per heavy atom. The maximum absolute atomic E-state index is 6.34. The summed E-state index contributed by atoms with van der Waals surface area (Å²) < 4.78 is 8.45. The summed E-state index contributed by atoms with van der Waals surface area (Å²) in [5, 5.41) is 3.66. The number of hydrogen-bond acceptors (Lipinski definition) is 4. The van der Waals surface area contributed by atoms with E-state index in [1.165, 1.54) is 17.7 Å². The third kappa shape index (κ3) is 3.72. The van der Waals surface area contributed by atoms with Crippen LogP contribution in [0.5, 0.6) is 0 Å². The van der Waals surface area contributed by atoms with Crippen molar-refractivity contribution in [1.29, 1.82) is 0 Å². The van der Waals surface area contributed by atoms with Gasteiger partial charge in [0.05, 0.1) is 24.8 Å². The fraction of sp³-hybridized carbons (Fsp3) is 0.550. The molecule has 134 valence electrons. The number of nitrogens with zero attached hydrogens (tertiary/aromatic N) is 3. The van der Waals surface area contributed by atoms with E-state index in [9.17, 15) is 0 Å². The fourth-order valence-electron chi connectivity index (χ4n) is 4.27. The molecule has 0 bridgehead atoms. The smallest absolute Gasteiger partial charge is 0.122 e. The number of nitrogens with one attached hydrogen (secondary N) is 1. The quantitative estimate of drug-likeness (QED) is 0.929. The zero-order valence-corrected chi connectivity index (χ0v) is 15.2. The lowest BCUT2D eigenvalue weighted by Crippen LogP contribution is -2.48. The summed E-state index contributed by atoms with van der Waals surface area (Å²) in [6.07, 6.45) is 7.33. The molecule has 2 fully saturated rings. The highest BCUT2D eigenvalue weighted by molar-refractivity contribution is 5.46. The van der Waals surface area contributed by atoms with Gasteiger partial charge in [-0.2, -0.15) is 0 Å². The first-order valence-corrected chi connectivity index (χ1v) is 9.28. The highest BCUT2D eigenvalue weighted by Gasteiger charge is 2.43. The molecule has 25 heavy (non-hydrogen) atoms. The second kappa shape index (κ2) is 6.81. The Morgan fingerprint density at radius 3 is 3.12 bits per heavy atom. The fourth-order valence-corrected chi connectivity index (χ4v) is 4.27. The van der Waals surface area contributed by atoms with E-state index in [-0.39, 0.29) is 5.60 Å². The summed E-state index contributed by atoms with van der Waals surface area (Å²) in [7, 11) is 2.07. The van der Waals surface area contributed by atoms with E-state index in [1.54, 1.807) is 0 Å². The average Bonchev–Trinajstić information content (AvgIpc) is 3.15. The molecule has 1 aromatic heterocycles. The van der Waals surface area contributed by atoms with Gasteiger partial charge in [0.25, 0.3) is 0 Å². The molecule has 2 atom stereocenters. The van der Waals surface area contributed by atoms with Gasteiger partial charge in [0.1, 0.15) is 5.82 Å². The molecule has 4 rings (SSSR count). The lowest BCUT2D eigenvalue weighted by atomic mass is 9.88. The Morgan fingerprint density at radius 1 is 1.40 bits per heavy atom. The Bertz CT molecular complexity index is 728. The van der Waals surface area contributed by atoms with Gasteiger partial charge in [0.2, 0.25) is 0 Å². The molecule has 0 amide bonds. The monoisotopic (exact) mass is 340 g/mol. The molecule has 0 saturated carbocycles. The molecular weight excluding hydrogens is 312 g/mol. The normalized spacial score (nSPS) is 27.0. The first kappa shape index (κ1) is 16.6. The molecule has 2 aromatic rings. The molecule has 0 radical (unpaired) electrons. The van der Waals surface area contributed by atoms with E-state index >= 15 is 0 Å². The van der Waals surface area contributed by atoms with Crippen LogP contribution in [0.25, 0.3) is 0 Å². The van der Waals surface area contributed by atoms with Crippen molar-refractivity contribution in [3.8, 4) is 0 Å². The predicted molar refractivity (Wildman–Crippen MR) is 99.6 cm³/mol. The Hall–Kier alpha value is -1.85. The zero-order chi connectivity index (χ0) is 17.3. The highest BCUT2D eigenvalue weighted by atomic mass is 16.5. The Labute approximate surface area is 150 Å². The number of anilines is 1. The minimum Gasteiger partial charge on any atom is -0.380 e. The van der Waals surface area contributed by atoms with E-state index in [0.717, 1.165) is 44.9 Å². The zero-order valence-electron chi connectivity index (χ0n) is 15.2. The summed E-state index contributed by atoms with van der Waals surface area (Å²) in [5.74, 6) is 1.13. The second-order valence-corrected chi connectivity index (χ2v) is 7.68. The number of hydrogen-bond donors (Lipinski definition) is 1. The van der Waals surface area contributed by atoms with E-state index in [1.807, 2.05) is 12.4 Å². The maximum Gasteiger partial charge on any atom is 0.122 e. The minimum atomic E-state index is 0.00487. The summed E-state index contributed by atoms with van der Waals surface area (Å²) in [6.45, 7) is 5.98. The maximum atomic E-state index is 6.34. The van der Waals surface area contributed by atoms with E-state index in [2.05, 4.69) is 58.0 Å². The molecule has 2 aliphatic rings. The van der Waals surface area contributed by atoms with Crippen LogP contribution in [0, 0.1) is 6.92 Å². The molecule has 1 aromatic carbocycles. The average molecular weight is 340 g/mol. The second-order valence-electron chi connectivity index (χ2n) is 7.68. The van der Waals surface area contributed by atoms with Crippen LogP contribution in [-0.2, 0) is 18.3 Å². The van der Waals surface area contributed by atoms with Crippen molar-refractivity contribution >= 4 is 5.69 Å². The van der Waals surface area contributed by atoms with Crippen LogP contribution in [0.15, 0.2) is 36.7 Å². The number of imidazole rings is 1. The van der Waals surface area contributed by atoms with Crippen molar-refractivity contribution in [2.75, 3.05) is 25.0 Å². The van der Waals surface area contributed by atoms with E-state index in [4.69, 9.17) is 4.74 Å². The standard InChI is InChI=1S/C20H28N4O/c1-16-5-3-6-17(11-16)22-18-12-20(25-14-18)7-4-9-24(15-20)13-19-21-8-10-23(19)2/h3,5-6,8,10-11,18,22H,4,7,9,12-15H2,1-2H3. The molecule has 2 unspecified atom stereocenters. The number of aryl methyl sites for hydroxylation is 2. The van der Waals surface area contributed by atoms with Gasteiger partial charge in [-0.1, -0.05) is 12.1 Å². The van der Waals surface area contributed by atoms with Crippen molar-refractivity contribution in [2.24, 2.45) is 7.05 Å². The van der Waals surface area contributed by atoms with Gasteiger partial charge >= 0.3 is 0 Å². The first-order valence-electron chi connectivity index (χ1n) is 9.28. The van der Waals surface area contributed by atoms with Crippen molar-refractivity contribution in [3.63, 3.8) is 0 Å². The third-order valence-corrected chi connectivity index (χ3v) is 5.50. The predicted octanol–water partition coefficient (Wildman–Crippen LogP) is 2.96. The van der Waals surface area contributed by atoms with Gasteiger partial charge in [0, 0.05) is 31.7 Å². The van der Waals surface area contributed by atoms with Crippen LogP contribution in [0.2, 0.25) is 0 Å². The molecule has 2 aliphatic heterocycles. The molecule has 5 nitrogen and oxygen atoms in total. The third-order valence-electron chi connectivity index (χ3n) is 5.50. The number of ether oxygens (including phenoxy) is 1. The van der Waals surface area contributed by atoms with Gasteiger partial charge in [-0.25, -0.2) is 4.98 Å². The van der Waals surface area contributed by atoms with Crippen molar-refractivity contribution < 1.29 is 4.74 Å². The van der Waals surface area contributed by atoms with Crippen LogP contribution in [0.4, 0.5) is 5.69 Å². The number of rotatable bonds is 4.